The van der Waals surface area contributed by atoms with E-state index in [1.54, 1.807) is 6.21 Å². The molecule has 0 saturated carbocycles. The first-order valence-electron chi connectivity index (χ1n) is 10.8. The zero-order valence-corrected chi connectivity index (χ0v) is 18.5. The number of hydrogen-bond acceptors (Lipinski definition) is 4. The molecule has 0 atom stereocenters. The summed E-state index contributed by atoms with van der Waals surface area (Å²) < 4.78 is 5.84. The van der Waals surface area contributed by atoms with Crippen LogP contribution in [0, 0.1) is 5.92 Å². The number of ether oxygens (including phenoxy) is 1. The molecule has 1 amide bonds. The van der Waals surface area contributed by atoms with Gasteiger partial charge in [0.2, 0.25) is 5.91 Å². The summed E-state index contributed by atoms with van der Waals surface area (Å²) in [6.45, 7) is 2.66. The molecule has 0 aliphatic carbocycles. The number of carbonyl (C=O) groups excluding carboxylic acids is 1. The molecule has 5 nitrogen and oxygen atoms in total. The van der Waals surface area contributed by atoms with Crippen molar-refractivity contribution in [3.8, 4) is 11.5 Å². The van der Waals surface area contributed by atoms with Crippen LogP contribution in [0.2, 0.25) is 5.02 Å². The molecule has 0 unspecified atom stereocenters. The summed E-state index contributed by atoms with van der Waals surface area (Å²) in [7, 11) is 0. The van der Waals surface area contributed by atoms with Gasteiger partial charge < -0.3 is 4.74 Å². The second kappa shape index (κ2) is 10.9. The van der Waals surface area contributed by atoms with E-state index in [9.17, 15) is 4.79 Å². The van der Waals surface area contributed by atoms with Crippen LogP contribution in [-0.2, 0) is 11.3 Å². The predicted molar refractivity (Wildman–Crippen MR) is 128 cm³/mol. The van der Waals surface area contributed by atoms with Gasteiger partial charge in [-0.1, -0.05) is 54.1 Å². The average Bonchev–Trinajstić information content (AvgIpc) is 2.82. The largest absolute Gasteiger partial charge is 0.457 e. The van der Waals surface area contributed by atoms with Crippen molar-refractivity contribution in [3.05, 3.63) is 95.0 Å². The average molecular weight is 448 g/mol. The maximum absolute atomic E-state index is 12.5. The summed E-state index contributed by atoms with van der Waals surface area (Å²) >= 11 is 5.95. The summed E-state index contributed by atoms with van der Waals surface area (Å²) in [6, 6.07) is 25.1. The maximum atomic E-state index is 12.5. The number of likely N-dealkylation sites (tertiary alicyclic amines) is 1. The molecule has 6 heteroatoms. The Balaban J connectivity index is 1.23. The van der Waals surface area contributed by atoms with Crippen LogP contribution in [0.25, 0.3) is 0 Å². The quantitative estimate of drug-likeness (QED) is 0.384. The van der Waals surface area contributed by atoms with E-state index in [0.29, 0.717) is 0 Å². The number of rotatable bonds is 7. The Hall–Kier alpha value is -3.15. The number of hydrazone groups is 1. The van der Waals surface area contributed by atoms with E-state index in [1.807, 2.05) is 66.7 Å². The van der Waals surface area contributed by atoms with Gasteiger partial charge in [-0.05, 0) is 73.5 Å². The second-order valence-corrected chi connectivity index (χ2v) is 8.34. The highest BCUT2D eigenvalue weighted by molar-refractivity contribution is 6.30. The highest BCUT2D eigenvalue weighted by Gasteiger charge is 2.24. The fraction of sp³-hybridized carbons (Fsp3) is 0.231. The fourth-order valence-corrected chi connectivity index (χ4v) is 3.87. The van der Waals surface area contributed by atoms with Crippen molar-refractivity contribution in [1.82, 2.24) is 10.3 Å². The van der Waals surface area contributed by atoms with Gasteiger partial charge in [0.25, 0.3) is 0 Å². The minimum Gasteiger partial charge on any atom is -0.457 e. The molecule has 1 aliphatic rings. The lowest BCUT2D eigenvalue weighted by Gasteiger charge is -2.30. The van der Waals surface area contributed by atoms with Crippen molar-refractivity contribution in [2.75, 3.05) is 13.1 Å². The van der Waals surface area contributed by atoms with E-state index >= 15 is 0 Å². The van der Waals surface area contributed by atoms with Gasteiger partial charge in [-0.2, -0.15) is 5.10 Å². The summed E-state index contributed by atoms with van der Waals surface area (Å²) in [5.74, 6) is 1.46. The van der Waals surface area contributed by atoms with Crippen LogP contribution in [0.15, 0.2) is 84.0 Å². The van der Waals surface area contributed by atoms with Crippen molar-refractivity contribution in [2.24, 2.45) is 11.0 Å². The molecule has 0 aromatic heterocycles. The van der Waals surface area contributed by atoms with Gasteiger partial charge in [-0.15, -0.1) is 0 Å². The smallest absolute Gasteiger partial charge is 0.243 e. The van der Waals surface area contributed by atoms with E-state index in [4.69, 9.17) is 16.3 Å². The second-order valence-electron chi connectivity index (χ2n) is 7.90. The Labute approximate surface area is 193 Å². The topological polar surface area (TPSA) is 53.9 Å². The molecule has 4 rings (SSSR count). The summed E-state index contributed by atoms with van der Waals surface area (Å²) in [6.07, 6.45) is 3.30. The lowest BCUT2D eigenvalue weighted by atomic mass is 9.96. The van der Waals surface area contributed by atoms with Crippen LogP contribution >= 0.6 is 11.6 Å². The standard InChI is InChI=1S/C26H26ClN3O2/c27-23-11-9-20(10-12-23)19-30-15-13-22(14-16-30)26(31)29-28-18-21-5-4-8-25(17-21)32-24-6-2-1-3-7-24/h1-12,17-18,22H,13-16,19H2,(H,29,31). The molecule has 164 valence electrons. The van der Waals surface area contributed by atoms with E-state index in [-0.39, 0.29) is 11.8 Å². The molecule has 3 aromatic carbocycles. The fourth-order valence-electron chi connectivity index (χ4n) is 3.75. The van der Waals surface area contributed by atoms with Crippen LogP contribution in [-0.4, -0.2) is 30.1 Å². The molecule has 3 aromatic rings. The molecule has 0 spiro atoms. The number of halogens is 1. The molecule has 0 bridgehead atoms. The number of amides is 1. The Morgan fingerprint density at radius 3 is 2.47 bits per heavy atom. The molecule has 1 heterocycles. The lowest BCUT2D eigenvalue weighted by molar-refractivity contribution is -0.126. The Bertz CT molecular complexity index is 1050. The number of nitrogens with zero attached hydrogens (tertiary/aromatic N) is 2. The molecule has 1 saturated heterocycles. The number of carbonyl (C=O) groups is 1. The van der Waals surface area contributed by atoms with Gasteiger partial charge in [0.15, 0.2) is 0 Å². The number of nitrogens with one attached hydrogen (secondary N) is 1. The Morgan fingerprint density at radius 2 is 1.72 bits per heavy atom. The lowest BCUT2D eigenvalue weighted by Crippen LogP contribution is -2.39. The zero-order chi connectivity index (χ0) is 22.2. The molecule has 32 heavy (non-hydrogen) atoms. The first kappa shape index (κ1) is 22.1. The number of para-hydroxylation sites is 1. The van der Waals surface area contributed by atoms with Crippen LogP contribution in [0.4, 0.5) is 0 Å². The van der Waals surface area contributed by atoms with Gasteiger partial charge in [0, 0.05) is 17.5 Å². The van der Waals surface area contributed by atoms with Crippen molar-refractivity contribution >= 4 is 23.7 Å². The molecular weight excluding hydrogens is 422 g/mol. The number of hydrogen-bond donors (Lipinski definition) is 1. The summed E-state index contributed by atoms with van der Waals surface area (Å²) in [5.41, 5.74) is 4.79. The Morgan fingerprint density at radius 1 is 1.00 bits per heavy atom. The highest BCUT2D eigenvalue weighted by Crippen LogP contribution is 2.22. The monoisotopic (exact) mass is 447 g/mol. The van der Waals surface area contributed by atoms with E-state index in [1.165, 1.54) is 5.56 Å². The SMILES string of the molecule is O=C(NN=Cc1cccc(Oc2ccccc2)c1)C1CCN(Cc2ccc(Cl)cc2)CC1. The van der Waals surface area contributed by atoms with Crippen molar-refractivity contribution in [1.29, 1.82) is 0 Å². The summed E-state index contributed by atoms with van der Waals surface area (Å²) in [4.78, 5) is 14.9. The van der Waals surface area contributed by atoms with Crippen molar-refractivity contribution in [2.45, 2.75) is 19.4 Å². The number of piperidine rings is 1. The van der Waals surface area contributed by atoms with Crippen molar-refractivity contribution in [3.63, 3.8) is 0 Å². The third kappa shape index (κ3) is 6.42. The van der Waals surface area contributed by atoms with Crippen LogP contribution in [0.3, 0.4) is 0 Å². The van der Waals surface area contributed by atoms with Crippen LogP contribution < -0.4 is 10.2 Å². The Kier molecular flexibility index (Phi) is 7.54. The normalized spacial score (nSPS) is 15.0. The molecular formula is C26H26ClN3O2. The van der Waals surface area contributed by atoms with Gasteiger partial charge in [-0.25, -0.2) is 5.43 Å². The van der Waals surface area contributed by atoms with Crippen LogP contribution in [0.1, 0.15) is 24.0 Å². The molecule has 0 radical (unpaired) electrons. The highest BCUT2D eigenvalue weighted by atomic mass is 35.5. The molecule has 1 aliphatic heterocycles. The van der Waals surface area contributed by atoms with E-state index in [2.05, 4.69) is 27.6 Å². The van der Waals surface area contributed by atoms with Crippen LogP contribution in [0.5, 0.6) is 11.5 Å². The molecule has 1 N–H and O–H groups in total. The van der Waals surface area contributed by atoms with Gasteiger partial charge in [-0.3, -0.25) is 9.69 Å². The van der Waals surface area contributed by atoms with Gasteiger partial charge in [0.1, 0.15) is 11.5 Å². The predicted octanol–water partition coefficient (Wildman–Crippen LogP) is 5.49. The van der Waals surface area contributed by atoms with Crippen molar-refractivity contribution < 1.29 is 9.53 Å². The first-order valence-corrected chi connectivity index (χ1v) is 11.2. The third-order valence-electron chi connectivity index (χ3n) is 5.50. The molecule has 1 fully saturated rings. The van der Waals surface area contributed by atoms with E-state index < -0.39 is 0 Å². The minimum atomic E-state index is -0.0240. The third-order valence-corrected chi connectivity index (χ3v) is 5.76. The minimum absolute atomic E-state index is 0.0126. The zero-order valence-electron chi connectivity index (χ0n) is 17.8. The van der Waals surface area contributed by atoms with E-state index in [0.717, 1.165) is 54.6 Å². The first-order chi connectivity index (χ1) is 15.7. The maximum Gasteiger partial charge on any atom is 0.243 e. The van der Waals surface area contributed by atoms with Gasteiger partial charge >= 0.3 is 0 Å². The summed E-state index contributed by atoms with van der Waals surface area (Å²) in [5, 5.41) is 4.90. The van der Waals surface area contributed by atoms with Gasteiger partial charge in [0.05, 0.1) is 6.21 Å². The number of benzene rings is 3.